The Hall–Kier alpha value is -3.32. The summed E-state index contributed by atoms with van der Waals surface area (Å²) < 4.78 is 5.44. The van der Waals surface area contributed by atoms with Crippen LogP contribution in [0.5, 0.6) is 0 Å². The fraction of sp³-hybridized carbons (Fsp3) is 0.261. The molecule has 1 aliphatic rings. The first-order chi connectivity index (χ1) is 14.7. The summed E-state index contributed by atoms with van der Waals surface area (Å²) in [6.45, 7) is 5.55. The van der Waals surface area contributed by atoms with Crippen LogP contribution in [0.3, 0.4) is 0 Å². The second kappa shape index (κ2) is 8.07. The van der Waals surface area contributed by atoms with Crippen molar-refractivity contribution in [2.24, 2.45) is 0 Å². The summed E-state index contributed by atoms with van der Waals surface area (Å²) in [7, 11) is 0. The van der Waals surface area contributed by atoms with E-state index in [2.05, 4.69) is 15.3 Å². The van der Waals surface area contributed by atoms with Crippen LogP contribution in [0.4, 0.5) is 16.2 Å². The molecule has 0 radical (unpaired) electrons. The van der Waals surface area contributed by atoms with Gasteiger partial charge < -0.3 is 15.0 Å². The molecule has 0 saturated heterocycles. The molecule has 0 bridgehead atoms. The quantitative estimate of drug-likeness (QED) is 0.571. The summed E-state index contributed by atoms with van der Waals surface area (Å²) in [5, 5.41) is 3.82. The Morgan fingerprint density at radius 3 is 2.58 bits per heavy atom. The number of anilines is 2. The first-order valence-electron chi connectivity index (χ1n) is 9.96. The van der Waals surface area contributed by atoms with E-state index in [1.165, 1.54) is 0 Å². The molecule has 0 unspecified atom stereocenters. The highest BCUT2D eigenvalue weighted by molar-refractivity contribution is 6.33. The van der Waals surface area contributed by atoms with Gasteiger partial charge in [-0.1, -0.05) is 23.7 Å². The van der Waals surface area contributed by atoms with Gasteiger partial charge in [-0.25, -0.2) is 9.69 Å². The number of hydrogen-bond donors (Lipinski definition) is 2. The lowest BCUT2D eigenvalue weighted by Gasteiger charge is -2.29. The molecule has 2 aromatic heterocycles. The molecule has 0 aliphatic carbocycles. The number of pyridine rings is 1. The van der Waals surface area contributed by atoms with E-state index in [9.17, 15) is 9.59 Å². The number of nitrogens with zero attached hydrogens (tertiary/aromatic N) is 2. The van der Waals surface area contributed by atoms with Gasteiger partial charge in [-0.3, -0.25) is 9.78 Å². The highest BCUT2D eigenvalue weighted by atomic mass is 35.5. The van der Waals surface area contributed by atoms with Gasteiger partial charge in [0.2, 0.25) is 0 Å². The summed E-state index contributed by atoms with van der Waals surface area (Å²) in [4.78, 5) is 34.6. The maximum absolute atomic E-state index is 13.4. The van der Waals surface area contributed by atoms with Crippen molar-refractivity contribution >= 4 is 35.0 Å². The van der Waals surface area contributed by atoms with Crippen LogP contribution in [0.2, 0.25) is 5.02 Å². The predicted molar refractivity (Wildman–Crippen MR) is 120 cm³/mol. The molecule has 2 amide bonds. The Balaban J connectivity index is 1.80. The molecule has 0 atom stereocenters. The van der Waals surface area contributed by atoms with E-state index in [1.54, 1.807) is 39.2 Å². The summed E-state index contributed by atoms with van der Waals surface area (Å²) >= 11 is 6.36. The Bertz CT molecular complexity index is 1140. The number of carbonyl (C=O) groups is 2. The van der Waals surface area contributed by atoms with Crippen molar-refractivity contribution in [3.05, 3.63) is 65.1 Å². The molecular weight excluding hydrogens is 416 g/mol. The summed E-state index contributed by atoms with van der Waals surface area (Å²) in [5.41, 5.74) is 3.27. The number of H-pyrrole nitrogens is 1. The smallest absolute Gasteiger partial charge is 0.417 e. The van der Waals surface area contributed by atoms with Gasteiger partial charge in [0.05, 0.1) is 27.7 Å². The van der Waals surface area contributed by atoms with Crippen LogP contribution < -0.4 is 5.32 Å². The van der Waals surface area contributed by atoms with Crippen LogP contribution in [-0.4, -0.2) is 39.0 Å². The van der Waals surface area contributed by atoms with E-state index in [0.717, 1.165) is 21.9 Å². The minimum atomic E-state index is -0.698. The first kappa shape index (κ1) is 20.9. The number of hydrogen-bond acceptors (Lipinski definition) is 5. The zero-order chi connectivity index (χ0) is 22.2. The van der Waals surface area contributed by atoms with Crippen LogP contribution in [0, 0.1) is 0 Å². The molecule has 1 aromatic carbocycles. The zero-order valence-corrected chi connectivity index (χ0v) is 18.3. The monoisotopic (exact) mass is 438 g/mol. The number of ether oxygens (including phenoxy) is 1. The van der Waals surface area contributed by atoms with Crippen LogP contribution in [0.25, 0.3) is 11.3 Å². The molecule has 160 valence electrons. The SMILES string of the molecule is CC(C)(C)OC(=O)N1CCc2[nH]c(-c3ccncc3)c(Nc3ccccc3Cl)c2C1=O. The number of aromatic nitrogens is 2. The van der Waals surface area contributed by atoms with Crippen molar-refractivity contribution in [3.8, 4) is 11.3 Å². The van der Waals surface area contributed by atoms with Crippen molar-refractivity contribution in [1.82, 2.24) is 14.9 Å². The van der Waals surface area contributed by atoms with Gasteiger partial charge in [0.15, 0.2) is 0 Å². The fourth-order valence-corrected chi connectivity index (χ4v) is 3.67. The highest BCUT2D eigenvalue weighted by Gasteiger charge is 2.36. The van der Waals surface area contributed by atoms with Gasteiger partial charge in [0.1, 0.15) is 5.60 Å². The van der Waals surface area contributed by atoms with Gasteiger partial charge in [-0.15, -0.1) is 0 Å². The molecule has 1 aliphatic heterocycles. The number of nitrogens with one attached hydrogen (secondary N) is 2. The maximum Gasteiger partial charge on any atom is 0.417 e. The lowest BCUT2D eigenvalue weighted by molar-refractivity contribution is 0.0233. The number of para-hydroxylation sites is 1. The second-order valence-electron chi connectivity index (χ2n) is 8.26. The van der Waals surface area contributed by atoms with Crippen molar-refractivity contribution in [2.75, 3.05) is 11.9 Å². The maximum atomic E-state index is 13.4. The van der Waals surface area contributed by atoms with Gasteiger partial charge >= 0.3 is 6.09 Å². The summed E-state index contributed by atoms with van der Waals surface area (Å²) in [6, 6.07) is 11.0. The average molecular weight is 439 g/mol. The average Bonchev–Trinajstić information content (AvgIpc) is 3.08. The Morgan fingerprint density at radius 1 is 1.19 bits per heavy atom. The number of benzene rings is 1. The van der Waals surface area contributed by atoms with Crippen molar-refractivity contribution in [3.63, 3.8) is 0 Å². The number of imide groups is 1. The molecule has 0 fully saturated rings. The number of halogens is 1. The normalized spacial score (nSPS) is 13.7. The molecule has 0 spiro atoms. The van der Waals surface area contributed by atoms with Crippen LogP contribution in [0.1, 0.15) is 36.8 Å². The van der Waals surface area contributed by atoms with Gasteiger partial charge in [0.25, 0.3) is 5.91 Å². The first-order valence-corrected chi connectivity index (χ1v) is 10.3. The van der Waals surface area contributed by atoms with E-state index in [-0.39, 0.29) is 6.54 Å². The lowest BCUT2D eigenvalue weighted by atomic mass is 10.0. The number of carbonyl (C=O) groups excluding carboxylic acids is 2. The molecule has 0 saturated carbocycles. The fourth-order valence-electron chi connectivity index (χ4n) is 3.48. The molecular formula is C23H23ClN4O3. The van der Waals surface area contributed by atoms with E-state index >= 15 is 0 Å². The van der Waals surface area contributed by atoms with Crippen molar-refractivity contribution < 1.29 is 14.3 Å². The van der Waals surface area contributed by atoms with Gasteiger partial charge in [-0.05, 0) is 45.0 Å². The predicted octanol–water partition coefficient (Wildman–Crippen LogP) is 5.41. The number of aromatic amines is 1. The van der Waals surface area contributed by atoms with E-state index in [1.807, 2.05) is 30.3 Å². The number of fused-ring (bicyclic) bond motifs is 1. The highest BCUT2D eigenvalue weighted by Crippen LogP contribution is 2.39. The third-order valence-corrected chi connectivity index (χ3v) is 5.17. The van der Waals surface area contributed by atoms with Crippen LogP contribution >= 0.6 is 11.6 Å². The lowest BCUT2D eigenvalue weighted by Crippen LogP contribution is -2.44. The van der Waals surface area contributed by atoms with Crippen molar-refractivity contribution in [1.29, 1.82) is 0 Å². The molecule has 3 aromatic rings. The van der Waals surface area contributed by atoms with Gasteiger partial charge in [0, 0.05) is 36.6 Å². The second-order valence-corrected chi connectivity index (χ2v) is 8.66. The number of amides is 2. The minimum Gasteiger partial charge on any atom is -0.443 e. The molecule has 7 nitrogen and oxygen atoms in total. The van der Waals surface area contributed by atoms with E-state index in [0.29, 0.717) is 28.4 Å². The van der Waals surface area contributed by atoms with E-state index in [4.69, 9.17) is 16.3 Å². The van der Waals surface area contributed by atoms with Crippen molar-refractivity contribution in [2.45, 2.75) is 32.8 Å². The molecule has 4 rings (SSSR count). The molecule has 31 heavy (non-hydrogen) atoms. The molecule has 3 heterocycles. The Morgan fingerprint density at radius 2 is 1.90 bits per heavy atom. The third kappa shape index (κ3) is 4.27. The standard InChI is InChI=1S/C23H23ClN4O3/c1-23(2,3)31-22(30)28-13-10-17-18(21(28)29)20(26-16-7-5-4-6-15(16)24)19(27-17)14-8-11-25-12-9-14/h4-9,11-12,26-27H,10,13H2,1-3H3. The topological polar surface area (TPSA) is 87.3 Å². The zero-order valence-electron chi connectivity index (χ0n) is 17.5. The largest absolute Gasteiger partial charge is 0.443 e. The summed E-state index contributed by atoms with van der Waals surface area (Å²) in [6.07, 6.45) is 3.20. The molecule has 2 N–H and O–H groups in total. The third-order valence-electron chi connectivity index (χ3n) is 4.84. The van der Waals surface area contributed by atoms with Crippen LogP contribution in [-0.2, 0) is 11.2 Å². The molecule has 8 heteroatoms. The Labute approximate surface area is 185 Å². The summed E-state index contributed by atoms with van der Waals surface area (Å²) in [5.74, 6) is -0.415. The van der Waals surface area contributed by atoms with E-state index < -0.39 is 17.6 Å². The van der Waals surface area contributed by atoms with Gasteiger partial charge in [-0.2, -0.15) is 0 Å². The number of rotatable bonds is 3. The minimum absolute atomic E-state index is 0.239. The Kier molecular flexibility index (Phi) is 5.45. The van der Waals surface area contributed by atoms with Crippen LogP contribution in [0.15, 0.2) is 48.8 Å².